The van der Waals surface area contributed by atoms with Crippen molar-refractivity contribution in [2.24, 2.45) is 0 Å². The summed E-state index contributed by atoms with van der Waals surface area (Å²) in [5.41, 5.74) is 2.23. The molecule has 4 heteroatoms. The third-order valence-corrected chi connectivity index (χ3v) is 6.75. The first-order chi connectivity index (χ1) is 12.8. The molecule has 0 aliphatic heterocycles. The number of carbonyl (C=O) groups is 1. The van der Waals surface area contributed by atoms with E-state index in [0.717, 1.165) is 17.1 Å². The zero-order chi connectivity index (χ0) is 17.8. The Labute approximate surface area is 160 Å². The van der Waals surface area contributed by atoms with Crippen LogP contribution in [0.25, 0.3) is 0 Å². The normalized spacial score (nSPS) is 18.5. The molecule has 2 saturated carbocycles. The topological polar surface area (TPSA) is 33.2 Å². The van der Waals surface area contributed by atoms with Gasteiger partial charge in [-0.1, -0.05) is 56.0 Å². The third-order valence-electron chi connectivity index (χ3n) is 5.85. The highest BCUT2D eigenvalue weighted by Gasteiger charge is 2.34. The van der Waals surface area contributed by atoms with Gasteiger partial charge in [-0.2, -0.15) is 0 Å². The van der Waals surface area contributed by atoms with Crippen LogP contribution in [-0.2, 0) is 17.6 Å². The number of carbonyl (C=O) groups excluding carboxylic acids is 1. The molecule has 4 rings (SSSR count). The van der Waals surface area contributed by atoms with Crippen molar-refractivity contribution in [2.45, 2.75) is 76.3 Å². The van der Waals surface area contributed by atoms with Crippen LogP contribution in [0.15, 0.2) is 35.7 Å². The summed E-state index contributed by atoms with van der Waals surface area (Å²) in [5.74, 6) is 0.306. The highest BCUT2D eigenvalue weighted by Crippen LogP contribution is 2.32. The molecule has 2 aliphatic rings. The maximum absolute atomic E-state index is 13.1. The van der Waals surface area contributed by atoms with Gasteiger partial charge in [-0.05, 0) is 31.2 Å². The van der Waals surface area contributed by atoms with Gasteiger partial charge >= 0.3 is 0 Å². The Morgan fingerprint density at radius 2 is 1.62 bits per heavy atom. The zero-order valence-electron chi connectivity index (χ0n) is 15.4. The number of benzene rings is 1. The fraction of sp³-hybridized carbons (Fsp3) is 0.545. The van der Waals surface area contributed by atoms with Crippen molar-refractivity contribution in [3.05, 3.63) is 52.0 Å². The number of hydrogen-bond acceptors (Lipinski definition) is 3. The quantitative estimate of drug-likeness (QED) is 0.719. The van der Waals surface area contributed by atoms with E-state index < -0.39 is 0 Å². The fourth-order valence-corrected chi connectivity index (χ4v) is 5.43. The molecule has 0 N–H and O–H groups in total. The molecule has 138 valence electrons. The molecule has 1 aromatic heterocycles. The van der Waals surface area contributed by atoms with Crippen LogP contribution in [0.3, 0.4) is 0 Å². The smallest absolute Gasteiger partial charge is 0.229 e. The van der Waals surface area contributed by atoms with Crippen LogP contribution < -0.4 is 0 Å². The van der Waals surface area contributed by atoms with Crippen LogP contribution >= 0.6 is 11.3 Å². The molecule has 0 spiro atoms. The van der Waals surface area contributed by atoms with E-state index >= 15 is 0 Å². The van der Waals surface area contributed by atoms with E-state index in [0.29, 0.717) is 24.4 Å². The SMILES string of the molecule is O=C(Cc1csc(Cc2ccccc2)n1)N(C1CCCC1)C1CCCC1. The maximum Gasteiger partial charge on any atom is 0.229 e. The van der Waals surface area contributed by atoms with Crippen LogP contribution in [0.2, 0.25) is 0 Å². The molecule has 0 unspecified atom stereocenters. The van der Waals surface area contributed by atoms with Crippen LogP contribution in [0.5, 0.6) is 0 Å². The lowest BCUT2D eigenvalue weighted by atomic mass is 10.1. The van der Waals surface area contributed by atoms with Crippen molar-refractivity contribution in [1.82, 2.24) is 9.88 Å². The van der Waals surface area contributed by atoms with Crippen LogP contribution in [0.1, 0.15) is 67.6 Å². The van der Waals surface area contributed by atoms with E-state index in [1.807, 2.05) is 6.07 Å². The number of amides is 1. The minimum atomic E-state index is 0.306. The summed E-state index contributed by atoms with van der Waals surface area (Å²) in [7, 11) is 0. The maximum atomic E-state index is 13.1. The molecule has 0 bridgehead atoms. The van der Waals surface area contributed by atoms with Gasteiger partial charge in [0, 0.05) is 23.9 Å². The van der Waals surface area contributed by atoms with E-state index in [4.69, 9.17) is 4.98 Å². The second-order valence-corrected chi connectivity index (χ2v) is 8.69. The van der Waals surface area contributed by atoms with Gasteiger partial charge in [0.15, 0.2) is 0 Å². The van der Waals surface area contributed by atoms with Crippen molar-refractivity contribution in [2.75, 3.05) is 0 Å². The highest BCUT2D eigenvalue weighted by molar-refractivity contribution is 7.09. The molecule has 2 aliphatic carbocycles. The van der Waals surface area contributed by atoms with Gasteiger partial charge in [-0.15, -0.1) is 11.3 Å². The minimum absolute atomic E-state index is 0.306. The van der Waals surface area contributed by atoms with Crippen molar-refractivity contribution < 1.29 is 4.79 Å². The molecule has 0 atom stereocenters. The molecular formula is C22H28N2OS. The largest absolute Gasteiger partial charge is 0.336 e. The molecule has 2 aromatic rings. The second-order valence-electron chi connectivity index (χ2n) is 7.75. The molecule has 0 saturated heterocycles. The lowest BCUT2D eigenvalue weighted by Gasteiger charge is -2.34. The van der Waals surface area contributed by atoms with Gasteiger partial charge in [0.25, 0.3) is 0 Å². The number of thiazole rings is 1. The van der Waals surface area contributed by atoms with Gasteiger partial charge in [0.05, 0.1) is 17.1 Å². The molecule has 26 heavy (non-hydrogen) atoms. The lowest BCUT2D eigenvalue weighted by molar-refractivity contribution is -0.135. The van der Waals surface area contributed by atoms with E-state index in [9.17, 15) is 4.79 Å². The van der Waals surface area contributed by atoms with Gasteiger partial charge in [0.2, 0.25) is 5.91 Å². The molecule has 1 aromatic carbocycles. The van der Waals surface area contributed by atoms with Gasteiger partial charge < -0.3 is 4.90 Å². The Bertz CT molecular complexity index is 699. The van der Waals surface area contributed by atoms with E-state index in [1.165, 1.54) is 56.9 Å². The Hall–Kier alpha value is -1.68. The summed E-state index contributed by atoms with van der Waals surface area (Å²) < 4.78 is 0. The zero-order valence-corrected chi connectivity index (χ0v) is 16.2. The summed E-state index contributed by atoms with van der Waals surface area (Å²) in [6.45, 7) is 0. The second kappa shape index (κ2) is 8.34. The Morgan fingerprint density at radius 3 is 2.23 bits per heavy atom. The van der Waals surface area contributed by atoms with E-state index in [-0.39, 0.29) is 0 Å². The predicted molar refractivity (Wildman–Crippen MR) is 106 cm³/mol. The number of rotatable bonds is 6. The highest BCUT2D eigenvalue weighted by atomic mass is 32.1. The molecule has 2 fully saturated rings. The first-order valence-electron chi connectivity index (χ1n) is 10.1. The summed E-state index contributed by atoms with van der Waals surface area (Å²) in [5, 5.41) is 3.18. The third kappa shape index (κ3) is 4.17. The average molecular weight is 369 g/mol. The molecule has 0 radical (unpaired) electrons. The summed E-state index contributed by atoms with van der Waals surface area (Å²) in [6, 6.07) is 11.4. The number of aromatic nitrogens is 1. The Morgan fingerprint density at radius 1 is 1.00 bits per heavy atom. The fourth-order valence-electron chi connectivity index (χ4n) is 4.60. The predicted octanol–water partition coefficient (Wildman–Crippen LogP) is 4.99. The average Bonchev–Trinajstić information content (AvgIpc) is 3.40. The summed E-state index contributed by atoms with van der Waals surface area (Å²) >= 11 is 1.68. The lowest BCUT2D eigenvalue weighted by Crippen LogP contribution is -2.45. The minimum Gasteiger partial charge on any atom is -0.336 e. The van der Waals surface area contributed by atoms with E-state index in [1.54, 1.807) is 11.3 Å². The first-order valence-corrected chi connectivity index (χ1v) is 11.0. The van der Waals surface area contributed by atoms with Crippen LogP contribution in [0, 0.1) is 0 Å². The standard InChI is InChI=1S/C22H28N2OS/c25-22(24(19-10-4-5-11-19)20-12-6-7-13-20)15-18-16-26-21(23-18)14-17-8-2-1-3-9-17/h1-3,8-9,16,19-20H,4-7,10-15H2. The monoisotopic (exact) mass is 368 g/mol. The van der Waals surface area contributed by atoms with Crippen molar-refractivity contribution >= 4 is 17.2 Å². The molecular weight excluding hydrogens is 340 g/mol. The van der Waals surface area contributed by atoms with Crippen molar-refractivity contribution in [1.29, 1.82) is 0 Å². The number of nitrogens with zero attached hydrogens (tertiary/aromatic N) is 2. The summed E-state index contributed by atoms with van der Waals surface area (Å²) in [6.07, 6.45) is 11.2. The number of hydrogen-bond donors (Lipinski definition) is 0. The first kappa shape index (κ1) is 17.7. The van der Waals surface area contributed by atoms with Crippen molar-refractivity contribution in [3.8, 4) is 0 Å². The van der Waals surface area contributed by atoms with Gasteiger partial charge in [0.1, 0.15) is 0 Å². The Balaban J connectivity index is 1.42. The summed E-state index contributed by atoms with van der Waals surface area (Å²) in [4.78, 5) is 20.2. The molecule has 1 heterocycles. The molecule has 1 amide bonds. The Kier molecular flexibility index (Phi) is 5.68. The van der Waals surface area contributed by atoms with Crippen LogP contribution in [-0.4, -0.2) is 27.9 Å². The van der Waals surface area contributed by atoms with Crippen molar-refractivity contribution in [3.63, 3.8) is 0 Å². The molecule has 3 nitrogen and oxygen atoms in total. The van der Waals surface area contributed by atoms with E-state index in [2.05, 4.69) is 34.5 Å². The van der Waals surface area contributed by atoms with Gasteiger partial charge in [-0.3, -0.25) is 4.79 Å². The van der Waals surface area contributed by atoms with Crippen LogP contribution in [0.4, 0.5) is 0 Å². The van der Waals surface area contributed by atoms with Gasteiger partial charge in [-0.25, -0.2) is 4.98 Å².